The number of aryl methyl sites for hydroxylation is 1. The molecule has 3 rings (SSSR count). The number of para-hydroxylation sites is 1. The van der Waals surface area contributed by atoms with Crippen LogP contribution in [0.4, 0.5) is 0 Å². The Morgan fingerprint density at radius 2 is 1.63 bits per heavy atom. The van der Waals surface area contributed by atoms with Gasteiger partial charge in [0.1, 0.15) is 0 Å². The molecule has 0 saturated heterocycles. The van der Waals surface area contributed by atoms with E-state index in [2.05, 4.69) is 66.2 Å². The summed E-state index contributed by atoms with van der Waals surface area (Å²) in [5.74, 6) is 0. The third-order valence-electron chi connectivity index (χ3n) is 2.88. The summed E-state index contributed by atoms with van der Waals surface area (Å²) in [7, 11) is 0. The summed E-state index contributed by atoms with van der Waals surface area (Å²) >= 11 is -0.750. The van der Waals surface area contributed by atoms with E-state index in [0.717, 1.165) is 0 Å². The van der Waals surface area contributed by atoms with Crippen molar-refractivity contribution in [2.75, 3.05) is 0 Å². The van der Waals surface area contributed by atoms with Gasteiger partial charge in [0.2, 0.25) is 0 Å². The lowest BCUT2D eigenvalue weighted by Gasteiger charge is -2.05. The summed E-state index contributed by atoms with van der Waals surface area (Å²) in [4.78, 5) is 0. The van der Waals surface area contributed by atoms with E-state index in [1.54, 1.807) is 0 Å². The molecule has 1 heterocycles. The quantitative estimate of drug-likeness (QED) is 0.681. The maximum absolute atomic E-state index is 8.29. The first-order chi connectivity index (χ1) is 9.26. The second-order valence-corrected chi connectivity index (χ2v) is 4.29. The average molecular weight is 271 g/mol. The summed E-state index contributed by atoms with van der Waals surface area (Å²) in [6.45, 7) is 2.13. The molecule has 4 heteroatoms. The van der Waals surface area contributed by atoms with Crippen molar-refractivity contribution in [3.05, 3.63) is 66.4 Å². The third kappa shape index (κ3) is 2.98. The zero-order chi connectivity index (χ0) is 13.7. The van der Waals surface area contributed by atoms with Crippen molar-refractivity contribution in [3.8, 4) is 5.69 Å². The van der Waals surface area contributed by atoms with Gasteiger partial charge in [0.15, 0.2) is 0 Å². The molecule has 0 radical (unpaired) electrons. The number of nitrogens with zero attached hydrogens (tertiary/aromatic N) is 1. The van der Waals surface area contributed by atoms with E-state index in [9.17, 15) is 0 Å². The Labute approximate surface area is 115 Å². The van der Waals surface area contributed by atoms with Crippen molar-refractivity contribution in [2.45, 2.75) is 6.92 Å². The lowest BCUT2D eigenvalue weighted by Crippen LogP contribution is -1.90. The molecule has 0 N–H and O–H groups in total. The molecule has 2 aromatic carbocycles. The molecule has 3 nitrogen and oxygen atoms in total. The van der Waals surface area contributed by atoms with Crippen molar-refractivity contribution in [3.63, 3.8) is 0 Å². The summed E-state index contributed by atoms with van der Waals surface area (Å²) in [6.07, 6.45) is 2.12. The van der Waals surface area contributed by atoms with Crippen molar-refractivity contribution in [2.24, 2.45) is 0 Å². The molecule has 0 aliphatic heterocycles. The molecule has 0 spiro atoms. The van der Waals surface area contributed by atoms with E-state index in [1.165, 1.54) is 22.2 Å². The van der Waals surface area contributed by atoms with E-state index in [0.29, 0.717) is 0 Å². The second-order valence-electron chi connectivity index (χ2n) is 4.15. The molecule has 3 aromatic rings. The van der Waals surface area contributed by atoms with Crippen LogP contribution in [0.3, 0.4) is 0 Å². The number of hydrogen-bond acceptors (Lipinski definition) is 2. The van der Waals surface area contributed by atoms with E-state index < -0.39 is 11.6 Å². The van der Waals surface area contributed by atoms with Crippen molar-refractivity contribution in [1.82, 2.24) is 4.57 Å². The predicted molar refractivity (Wildman–Crippen MR) is 76.9 cm³/mol. The number of aromatic nitrogens is 1. The van der Waals surface area contributed by atoms with Gasteiger partial charge in [-0.05, 0) is 42.1 Å². The number of fused-ring (bicyclic) bond motifs is 1. The van der Waals surface area contributed by atoms with Gasteiger partial charge in [0.05, 0.1) is 5.52 Å². The highest BCUT2D eigenvalue weighted by Gasteiger charge is 2.02. The highest BCUT2D eigenvalue weighted by Crippen LogP contribution is 2.21. The Balaban J connectivity index is 0.000000408. The fourth-order valence-corrected chi connectivity index (χ4v) is 2.05. The van der Waals surface area contributed by atoms with Gasteiger partial charge in [0.25, 0.3) is 0 Å². The third-order valence-corrected chi connectivity index (χ3v) is 2.88. The monoisotopic (exact) mass is 271 g/mol. The fourth-order valence-electron chi connectivity index (χ4n) is 2.05. The first kappa shape index (κ1) is 13.2. The van der Waals surface area contributed by atoms with Gasteiger partial charge in [-0.1, -0.05) is 30.3 Å². The summed E-state index contributed by atoms with van der Waals surface area (Å²) < 4.78 is 18.8. The number of benzene rings is 2. The minimum absolute atomic E-state index is 0.750. The highest BCUT2D eigenvalue weighted by atomic mass is 32.1. The fraction of sp³-hybridized carbons (Fsp3) is 0.0667. The van der Waals surface area contributed by atoms with Crippen LogP contribution in [0, 0.1) is 6.92 Å². The molecule has 0 fully saturated rings. The molecule has 0 saturated carbocycles. The van der Waals surface area contributed by atoms with Crippen LogP contribution in [0.1, 0.15) is 5.56 Å². The SMILES string of the molecule is Cc1ccc2ccn(-c3ccccc3)c2c1.O=S=O. The number of hydrogen-bond donors (Lipinski definition) is 0. The van der Waals surface area contributed by atoms with Gasteiger partial charge in [-0.3, -0.25) is 0 Å². The second kappa shape index (κ2) is 6.11. The summed E-state index contributed by atoms with van der Waals surface area (Å²) in [5.41, 5.74) is 3.78. The van der Waals surface area contributed by atoms with Crippen LogP contribution >= 0.6 is 0 Å². The maximum Gasteiger partial charge on any atom is 0.335 e. The van der Waals surface area contributed by atoms with Gasteiger partial charge < -0.3 is 4.57 Å². The molecule has 19 heavy (non-hydrogen) atoms. The first-order valence-corrected chi connectivity index (χ1v) is 6.48. The molecule has 0 aliphatic carbocycles. The Kier molecular flexibility index (Phi) is 4.26. The lowest BCUT2D eigenvalue weighted by atomic mass is 10.2. The van der Waals surface area contributed by atoms with Gasteiger partial charge in [-0.2, -0.15) is 8.42 Å². The molecule has 1 aromatic heterocycles. The topological polar surface area (TPSA) is 39.1 Å². The molecule has 0 bridgehead atoms. The van der Waals surface area contributed by atoms with Crippen molar-refractivity contribution in [1.29, 1.82) is 0 Å². The standard InChI is InChI=1S/C15H13N.O2S/c1-12-7-8-13-9-10-16(15(13)11-12)14-5-3-2-4-6-14;1-3-2/h2-11H,1H3;. The summed E-state index contributed by atoms with van der Waals surface area (Å²) in [6, 6.07) is 19.1. The van der Waals surface area contributed by atoms with Crippen LogP contribution in [-0.4, -0.2) is 13.0 Å². The van der Waals surface area contributed by atoms with Crippen LogP contribution in [0.25, 0.3) is 16.6 Å². The molecule has 0 unspecified atom stereocenters. The van der Waals surface area contributed by atoms with Gasteiger partial charge in [-0.25, -0.2) is 0 Å². The molecular weight excluding hydrogens is 258 g/mol. The normalized spacial score (nSPS) is 9.74. The molecule has 0 aliphatic rings. The number of rotatable bonds is 1. The van der Waals surface area contributed by atoms with E-state index in [1.807, 2.05) is 6.07 Å². The average Bonchev–Trinajstić information content (AvgIpc) is 2.83. The van der Waals surface area contributed by atoms with Crippen LogP contribution in [0.15, 0.2) is 60.8 Å². The predicted octanol–water partition coefficient (Wildman–Crippen LogP) is 3.27. The minimum atomic E-state index is -0.750. The van der Waals surface area contributed by atoms with Gasteiger partial charge in [0, 0.05) is 11.9 Å². The van der Waals surface area contributed by atoms with Gasteiger partial charge >= 0.3 is 11.6 Å². The largest absolute Gasteiger partial charge is 0.335 e. The van der Waals surface area contributed by atoms with Crippen LogP contribution < -0.4 is 0 Å². The van der Waals surface area contributed by atoms with Gasteiger partial charge in [-0.15, -0.1) is 0 Å². The van der Waals surface area contributed by atoms with E-state index in [-0.39, 0.29) is 0 Å². The zero-order valence-corrected chi connectivity index (χ0v) is 11.3. The Bertz CT molecular complexity index is 713. The van der Waals surface area contributed by atoms with Crippen LogP contribution in [0.5, 0.6) is 0 Å². The maximum atomic E-state index is 8.29. The Hall–Kier alpha value is -2.20. The van der Waals surface area contributed by atoms with Crippen LogP contribution in [0.2, 0.25) is 0 Å². The Morgan fingerprint density at radius 1 is 0.947 bits per heavy atom. The smallest absolute Gasteiger partial charge is 0.317 e. The van der Waals surface area contributed by atoms with E-state index >= 15 is 0 Å². The zero-order valence-electron chi connectivity index (χ0n) is 10.4. The molecule has 0 atom stereocenters. The van der Waals surface area contributed by atoms with Crippen molar-refractivity contribution < 1.29 is 8.42 Å². The molecule has 0 amide bonds. The molecular formula is C15H13NO2S. The molecule has 96 valence electrons. The summed E-state index contributed by atoms with van der Waals surface area (Å²) in [5, 5.41) is 1.29. The lowest BCUT2D eigenvalue weighted by molar-refractivity contribution is 0.630. The first-order valence-electron chi connectivity index (χ1n) is 5.81. The highest BCUT2D eigenvalue weighted by molar-refractivity contribution is 7.51. The van der Waals surface area contributed by atoms with E-state index in [4.69, 9.17) is 8.42 Å². The Morgan fingerprint density at radius 3 is 2.32 bits per heavy atom. The van der Waals surface area contributed by atoms with Crippen LogP contribution in [-0.2, 0) is 11.6 Å². The minimum Gasteiger partial charge on any atom is -0.317 e. The van der Waals surface area contributed by atoms with Crippen molar-refractivity contribution >= 4 is 22.5 Å².